The third kappa shape index (κ3) is 3.72. The number of thioether (sulfide) groups is 1. The number of aromatic nitrogens is 4. The molecule has 2 aromatic rings. The molecule has 0 radical (unpaired) electrons. The molecule has 1 amide bonds. The lowest BCUT2D eigenvalue weighted by molar-refractivity contribution is 0.0935. The fraction of sp³-hybridized carbons (Fsp3) is 0.500. The lowest BCUT2D eigenvalue weighted by Crippen LogP contribution is -2.37. The predicted octanol–water partition coefficient (Wildman–Crippen LogP) is 2.55. The summed E-state index contributed by atoms with van der Waals surface area (Å²) in [6.45, 7) is 4.05. The largest absolute Gasteiger partial charge is 0.349 e. The molecule has 0 atom stereocenters. The second-order valence-electron chi connectivity index (χ2n) is 5.98. The summed E-state index contributed by atoms with van der Waals surface area (Å²) in [6.07, 6.45) is 2.09. The number of benzene rings is 1. The van der Waals surface area contributed by atoms with Gasteiger partial charge in [0.2, 0.25) is 0 Å². The zero-order chi connectivity index (χ0) is 16.2. The molecular weight excluding hydrogens is 310 g/mol. The van der Waals surface area contributed by atoms with Crippen LogP contribution in [0.3, 0.4) is 0 Å². The van der Waals surface area contributed by atoms with E-state index in [1.807, 2.05) is 49.9 Å². The Morgan fingerprint density at radius 1 is 1.35 bits per heavy atom. The van der Waals surface area contributed by atoms with Crippen LogP contribution in [0.5, 0.6) is 0 Å². The van der Waals surface area contributed by atoms with E-state index in [2.05, 4.69) is 20.8 Å². The number of hydrogen-bond acceptors (Lipinski definition) is 5. The molecule has 0 aliphatic carbocycles. The number of amides is 1. The zero-order valence-electron chi connectivity index (χ0n) is 13.4. The molecule has 1 fully saturated rings. The van der Waals surface area contributed by atoms with Crippen molar-refractivity contribution in [3.8, 4) is 11.4 Å². The van der Waals surface area contributed by atoms with Gasteiger partial charge in [0.05, 0.1) is 6.04 Å². The van der Waals surface area contributed by atoms with Crippen molar-refractivity contribution in [3.05, 3.63) is 29.8 Å². The highest BCUT2D eigenvalue weighted by Gasteiger charge is 2.18. The number of nitrogens with one attached hydrogen (secondary N) is 1. The van der Waals surface area contributed by atoms with Crippen molar-refractivity contribution in [2.45, 2.75) is 38.8 Å². The van der Waals surface area contributed by atoms with Crippen LogP contribution in [0.2, 0.25) is 0 Å². The summed E-state index contributed by atoms with van der Waals surface area (Å²) in [5.74, 6) is 2.90. The Morgan fingerprint density at radius 2 is 2.13 bits per heavy atom. The van der Waals surface area contributed by atoms with Gasteiger partial charge in [-0.05, 0) is 60.8 Å². The molecule has 0 saturated carbocycles. The van der Waals surface area contributed by atoms with E-state index in [9.17, 15) is 4.79 Å². The average molecular weight is 331 g/mol. The second kappa shape index (κ2) is 7.12. The van der Waals surface area contributed by atoms with Crippen molar-refractivity contribution < 1.29 is 4.79 Å². The van der Waals surface area contributed by atoms with Crippen LogP contribution < -0.4 is 5.32 Å². The maximum atomic E-state index is 12.5. The Kier molecular flexibility index (Phi) is 4.95. The molecule has 1 aliphatic heterocycles. The quantitative estimate of drug-likeness (QED) is 0.932. The van der Waals surface area contributed by atoms with Crippen molar-refractivity contribution in [1.29, 1.82) is 0 Å². The first-order valence-electron chi connectivity index (χ1n) is 7.92. The van der Waals surface area contributed by atoms with E-state index in [0.717, 1.165) is 29.9 Å². The summed E-state index contributed by atoms with van der Waals surface area (Å²) in [4.78, 5) is 12.5. The van der Waals surface area contributed by atoms with Crippen molar-refractivity contribution in [3.63, 3.8) is 0 Å². The minimum Gasteiger partial charge on any atom is -0.349 e. The molecule has 0 unspecified atom stereocenters. The van der Waals surface area contributed by atoms with Crippen LogP contribution >= 0.6 is 11.8 Å². The number of carbonyl (C=O) groups excluding carboxylic acids is 1. The van der Waals surface area contributed by atoms with Crippen LogP contribution in [0, 0.1) is 0 Å². The Morgan fingerprint density at radius 3 is 2.87 bits per heavy atom. The van der Waals surface area contributed by atoms with E-state index in [-0.39, 0.29) is 18.0 Å². The van der Waals surface area contributed by atoms with Gasteiger partial charge in [-0.1, -0.05) is 12.1 Å². The molecule has 0 bridgehead atoms. The first kappa shape index (κ1) is 16.0. The van der Waals surface area contributed by atoms with Crippen LogP contribution in [0.25, 0.3) is 11.4 Å². The van der Waals surface area contributed by atoms with E-state index in [4.69, 9.17) is 0 Å². The summed E-state index contributed by atoms with van der Waals surface area (Å²) in [6, 6.07) is 7.95. The fourth-order valence-electron chi connectivity index (χ4n) is 2.64. The molecule has 1 aromatic carbocycles. The maximum Gasteiger partial charge on any atom is 0.251 e. The topological polar surface area (TPSA) is 72.7 Å². The van der Waals surface area contributed by atoms with Crippen molar-refractivity contribution in [2.75, 3.05) is 11.5 Å². The molecule has 122 valence electrons. The smallest absolute Gasteiger partial charge is 0.251 e. The Bertz CT molecular complexity index is 679. The van der Waals surface area contributed by atoms with Gasteiger partial charge in [-0.15, -0.1) is 5.10 Å². The standard InChI is InChI=1S/C16H21N5OS/c1-11(2)21-15(18-19-20-21)12-4-3-5-13(10-12)16(22)17-14-6-8-23-9-7-14/h3-5,10-11,14H,6-9H2,1-2H3,(H,17,22). The van der Waals surface area contributed by atoms with Gasteiger partial charge in [-0.25, -0.2) is 4.68 Å². The van der Waals surface area contributed by atoms with Gasteiger partial charge in [0, 0.05) is 17.2 Å². The molecule has 3 rings (SSSR count). The van der Waals surface area contributed by atoms with E-state index in [1.54, 1.807) is 4.68 Å². The zero-order valence-corrected chi connectivity index (χ0v) is 14.2. The van der Waals surface area contributed by atoms with E-state index in [1.165, 1.54) is 0 Å². The minimum atomic E-state index is -0.0210. The monoisotopic (exact) mass is 331 g/mol. The highest BCUT2D eigenvalue weighted by atomic mass is 32.2. The van der Waals surface area contributed by atoms with Crippen molar-refractivity contribution in [1.82, 2.24) is 25.5 Å². The predicted molar refractivity (Wildman–Crippen MR) is 91.5 cm³/mol. The number of tetrazole rings is 1. The van der Waals surface area contributed by atoms with Crippen molar-refractivity contribution in [2.24, 2.45) is 0 Å². The maximum absolute atomic E-state index is 12.5. The third-order valence-corrected chi connectivity index (χ3v) is 4.97. The second-order valence-corrected chi connectivity index (χ2v) is 7.21. The SMILES string of the molecule is CC(C)n1nnnc1-c1cccc(C(=O)NC2CCSCC2)c1. The van der Waals surface area contributed by atoms with Crippen LogP contribution in [-0.4, -0.2) is 43.7 Å². The lowest BCUT2D eigenvalue weighted by Gasteiger charge is -2.22. The van der Waals surface area contributed by atoms with Crippen LogP contribution in [0.4, 0.5) is 0 Å². The van der Waals surface area contributed by atoms with E-state index < -0.39 is 0 Å². The first-order chi connectivity index (χ1) is 11.1. The van der Waals surface area contributed by atoms with Gasteiger partial charge in [0.25, 0.3) is 5.91 Å². The summed E-state index contributed by atoms with van der Waals surface area (Å²) in [7, 11) is 0. The first-order valence-corrected chi connectivity index (χ1v) is 9.07. The van der Waals surface area contributed by atoms with Crippen molar-refractivity contribution >= 4 is 17.7 Å². The molecule has 6 nitrogen and oxygen atoms in total. The van der Waals surface area contributed by atoms with Gasteiger partial charge >= 0.3 is 0 Å². The molecule has 1 aromatic heterocycles. The number of carbonyl (C=O) groups is 1. The highest BCUT2D eigenvalue weighted by Crippen LogP contribution is 2.21. The van der Waals surface area contributed by atoms with Crippen LogP contribution in [-0.2, 0) is 0 Å². The Balaban J connectivity index is 1.79. The van der Waals surface area contributed by atoms with E-state index in [0.29, 0.717) is 11.4 Å². The number of rotatable bonds is 4. The highest BCUT2D eigenvalue weighted by molar-refractivity contribution is 7.99. The molecule has 2 heterocycles. The molecule has 7 heteroatoms. The normalized spacial score (nSPS) is 15.8. The van der Waals surface area contributed by atoms with Crippen LogP contribution in [0.15, 0.2) is 24.3 Å². The summed E-state index contributed by atoms with van der Waals surface area (Å²) >= 11 is 1.95. The molecule has 0 spiro atoms. The molecule has 1 N–H and O–H groups in total. The summed E-state index contributed by atoms with van der Waals surface area (Å²) in [5, 5.41) is 15.0. The third-order valence-electron chi connectivity index (χ3n) is 3.92. The summed E-state index contributed by atoms with van der Waals surface area (Å²) < 4.78 is 1.76. The van der Waals surface area contributed by atoms with Gasteiger partial charge < -0.3 is 5.32 Å². The number of nitrogens with zero attached hydrogens (tertiary/aromatic N) is 4. The van der Waals surface area contributed by atoms with E-state index >= 15 is 0 Å². The van der Waals surface area contributed by atoms with Gasteiger partial charge in [0.1, 0.15) is 0 Å². The lowest BCUT2D eigenvalue weighted by atomic mass is 10.1. The Hall–Kier alpha value is -1.89. The van der Waals surface area contributed by atoms with Crippen LogP contribution in [0.1, 0.15) is 43.1 Å². The fourth-order valence-corrected chi connectivity index (χ4v) is 3.75. The molecule has 23 heavy (non-hydrogen) atoms. The minimum absolute atomic E-state index is 0.0210. The number of hydrogen-bond donors (Lipinski definition) is 1. The summed E-state index contributed by atoms with van der Waals surface area (Å²) in [5.41, 5.74) is 1.51. The molecule has 1 aliphatic rings. The molecular formula is C16H21N5OS. The Labute approximate surface area is 140 Å². The van der Waals surface area contributed by atoms with Gasteiger partial charge in [-0.2, -0.15) is 11.8 Å². The van der Waals surface area contributed by atoms with Gasteiger partial charge in [0.15, 0.2) is 5.82 Å². The molecule has 1 saturated heterocycles. The average Bonchev–Trinajstić information content (AvgIpc) is 3.06. The van der Waals surface area contributed by atoms with Gasteiger partial charge in [-0.3, -0.25) is 4.79 Å².